The van der Waals surface area contributed by atoms with Crippen LogP contribution in [0.15, 0.2) is 60.7 Å². The van der Waals surface area contributed by atoms with Crippen molar-refractivity contribution in [3.8, 4) is 6.07 Å². The standard InChI is InChI=1S/C20H20N2O2/c1-20(17-11-6-3-7-12-17)22(18(15-24-20)13-8-14-21)19(23)16-9-4-2-5-10-16/h2-7,9-12,18H,8,13,15H2,1H3/t18-,20-/m1/s1. The van der Waals surface area contributed by atoms with Crippen molar-refractivity contribution in [1.29, 1.82) is 5.26 Å². The van der Waals surface area contributed by atoms with Crippen LogP contribution in [-0.2, 0) is 10.5 Å². The van der Waals surface area contributed by atoms with Crippen LogP contribution in [0, 0.1) is 11.3 Å². The molecule has 0 bridgehead atoms. The second-order valence-corrected chi connectivity index (χ2v) is 6.05. The lowest BCUT2D eigenvalue weighted by Crippen LogP contribution is -2.47. The van der Waals surface area contributed by atoms with Gasteiger partial charge in [0.1, 0.15) is 0 Å². The maximum Gasteiger partial charge on any atom is 0.256 e. The molecule has 0 spiro atoms. The number of carbonyl (C=O) groups excluding carboxylic acids is 1. The summed E-state index contributed by atoms with van der Waals surface area (Å²) in [7, 11) is 0. The van der Waals surface area contributed by atoms with Crippen LogP contribution >= 0.6 is 0 Å². The molecule has 1 amide bonds. The lowest BCUT2D eigenvalue weighted by atomic mass is 10.00. The molecule has 0 aliphatic carbocycles. The highest BCUT2D eigenvalue weighted by atomic mass is 16.5. The molecular weight excluding hydrogens is 300 g/mol. The molecule has 2 aromatic carbocycles. The Bertz CT molecular complexity index is 739. The van der Waals surface area contributed by atoms with Crippen LogP contribution in [0.5, 0.6) is 0 Å². The van der Waals surface area contributed by atoms with E-state index in [9.17, 15) is 4.79 Å². The third kappa shape index (κ3) is 2.91. The molecule has 1 heterocycles. The van der Waals surface area contributed by atoms with Gasteiger partial charge in [0, 0.05) is 17.5 Å². The van der Waals surface area contributed by atoms with E-state index in [0.717, 1.165) is 5.56 Å². The van der Waals surface area contributed by atoms with E-state index < -0.39 is 5.72 Å². The van der Waals surface area contributed by atoms with Gasteiger partial charge in [-0.2, -0.15) is 5.26 Å². The Morgan fingerprint density at radius 1 is 1.21 bits per heavy atom. The van der Waals surface area contributed by atoms with Gasteiger partial charge in [-0.3, -0.25) is 4.79 Å². The lowest BCUT2D eigenvalue weighted by molar-refractivity contribution is -0.0609. The molecule has 1 saturated heterocycles. The fourth-order valence-electron chi connectivity index (χ4n) is 3.24. The van der Waals surface area contributed by atoms with Crippen LogP contribution in [0.4, 0.5) is 0 Å². The lowest BCUT2D eigenvalue weighted by Gasteiger charge is -2.37. The van der Waals surface area contributed by atoms with E-state index in [4.69, 9.17) is 10.00 Å². The molecule has 0 aromatic heterocycles. The maximum absolute atomic E-state index is 13.2. The quantitative estimate of drug-likeness (QED) is 0.863. The van der Waals surface area contributed by atoms with Crippen LogP contribution in [0.25, 0.3) is 0 Å². The molecule has 3 rings (SSSR count). The number of benzene rings is 2. The van der Waals surface area contributed by atoms with Gasteiger partial charge in [0.15, 0.2) is 5.72 Å². The van der Waals surface area contributed by atoms with E-state index >= 15 is 0 Å². The van der Waals surface area contributed by atoms with Gasteiger partial charge < -0.3 is 9.64 Å². The largest absolute Gasteiger partial charge is 0.349 e. The third-order valence-corrected chi connectivity index (χ3v) is 4.52. The summed E-state index contributed by atoms with van der Waals surface area (Å²) in [6.07, 6.45) is 1.01. The molecule has 0 unspecified atom stereocenters. The van der Waals surface area contributed by atoms with E-state index in [1.54, 1.807) is 4.90 Å². The molecule has 1 aliphatic heterocycles. The van der Waals surface area contributed by atoms with Gasteiger partial charge in [-0.05, 0) is 25.5 Å². The summed E-state index contributed by atoms with van der Waals surface area (Å²) in [6, 6.07) is 21.1. The first kappa shape index (κ1) is 16.2. The number of amides is 1. The molecule has 2 aromatic rings. The van der Waals surface area contributed by atoms with E-state index in [1.165, 1.54) is 0 Å². The summed E-state index contributed by atoms with van der Waals surface area (Å²) in [5.74, 6) is -0.0672. The zero-order valence-electron chi connectivity index (χ0n) is 13.7. The first-order valence-electron chi connectivity index (χ1n) is 8.12. The van der Waals surface area contributed by atoms with E-state index in [2.05, 4.69) is 6.07 Å². The molecule has 0 radical (unpaired) electrons. The Morgan fingerprint density at radius 2 is 1.83 bits per heavy atom. The van der Waals surface area contributed by atoms with Crippen LogP contribution in [-0.4, -0.2) is 23.5 Å². The molecule has 2 atom stereocenters. The van der Waals surface area contributed by atoms with E-state index in [1.807, 2.05) is 67.6 Å². The second-order valence-electron chi connectivity index (χ2n) is 6.05. The molecular formula is C20H20N2O2. The molecule has 1 fully saturated rings. The third-order valence-electron chi connectivity index (χ3n) is 4.52. The SMILES string of the molecule is C[C@]1(c2ccccc2)OC[C@@H](CCC#N)N1C(=O)c1ccccc1. The van der Waals surface area contributed by atoms with Crippen molar-refractivity contribution >= 4 is 5.91 Å². The highest BCUT2D eigenvalue weighted by molar-refractivity contribution is 5.95. The summed E-state index contributed by atoms with van der Waals surface area (Å²) >= 11 is 0. The number of ether oxygens (including phenoxy) is 1. The van der Waals surface area contributed by atoms with Gasteiger partial charge in [0.05, 0.1) is 18.7 Å². The number of nitrogens with zero attached hydrogens (tertiary/aromatic N) is 2. The zero-order chi connectivity index (χ0) is 17.0. The normalized spacial score (nSPS) is 23.0. The minimum absolute atomic E-state index is 0.0672. The number of rotatable bonds is 4. The molecule has 4 heteroatoms. The fourth-order valence-corrected chi connectivity index (χ4v) is 3.24. The van der Waals surface area contributed by atoms with Crippen molar-refractivity contribution in [2.45, 2.75) is 31.5 Å². The smallest absolute Gasteiger partial charge is 0.256 e. The van der Waals surface area contributed by atoms with Crippen molar-refractivity contribution < 1.29 is 9.53 Å². The van der Waals surface area contributed by atoms with Crippen molar-refractivity contribution in [3.63, 3.8) is 0 Å². The van der Waals surface area contributed by atoms with Crippen molar-refractivity contribution in [2.24, 2.45) is 0 Å². The number of carbonyl (C=O) groups is 1. The van der Waals surface area contributed by atoms with Crippen LogP contribution in [0.2, 0.25) is 0 Å². The Kier molecular flexibility index (Phi) is 4.64. The molecule has 1 aliphatic rings. The minimum Gasteiger partial charge on any atom is -0.349 e. The van der Waals surface area contributed by atoms with Crippen LogP contribution in [0.1, 0.15) is 35.7 Å². The van der Waals surface area contributed by atoms with Crippen molar-refractivity contribution in [1.82, 2.24) is 4.90 Å². The van der Waals surface area contributed by atoms with Gasteiger partial charge >= 0.3 is 0 Å². The Labute approximate surface area is 142 Å². The Balaban J connectivity index is 2.00. The Hall–Kier alpha value is -2.64. The van der Waals surface area contributed by atoms with Crippen molar-refractivity contribution in [3.05, 3.63) is 71.8 Å². The number of hydrogen-bond acceptors (Lipinski definition) is 3. The molecule has 0 saturated carbocycles. The molecule has 24 heavy (non-hydrogen) atoms. The van der Waals surface area contributed by atoms with Crippen LogP contribution < -0.4 is 0 Å². The molecule has 4 nitrogen and oxygen atoms in total. The highest BCUT2D eigenvalue weighted by Crippen LogP contribution is 2.39. The first-order valence-corrected chi connectivity index (χ1v) is 8.12. The monoisotopic (exact) mass is 320 g/mol. The number of nitriles is 1. The predicted molar refractivity (Wildman–Crippen MR) is 91.0 cm³/mol. The average Bonchev–Trinajstić information content (AvgIpc) is 2.98. The van der Waals surface area contributed by atoms with E-state index in [0.29, 0.717) is 25.0 Å². The Morgan fingerprint density at radius 3 is 2.46 bits per heavy atom. The minimum atomic E-state index is -0.825. The fraction of sp³-hybridized carbons (Fsp3) is 0.300. The zero-order valence-corrected chi connectivity index (χ0v) is 13.7. The van der Waals surface area contributed by atoms with Gasteiger partial charge in [-0.25, -0.2) is 0 Å². The summed E-state index contributed by atoms with van der Waals surface area (Å²) in [5, 5.41) is 8.92. The van der Waals surface area contributed by atoms with E-state index in [-0.39, 0.29) is 11.9 Å². The van der Waals surface area contributed by atoms with Crippen molar-refractivity contribution in [2.75, 3.05) is 6.61 Å². The van der Waals surface area contributed by atoms with Gasteiger partial charge in [-0.15, -0.1) is 0 Å². The summed E-state index contributed by atoms with van der Waals surface area (Å²) in [4.78, 5) is 15.0. The molecule has 122 valence electrons. The second kappa shape index (κ2) is 6.86. The summed E-state index contributed by atoms with van der Waals surface area (Å²) in [6.45, 7) is 2.36. The topological polar surface area (TPSA) is 53.3 Å². The maximum atomic E-state index is 13.2. The summed E-state index contributed by atoms with van der Waals surface area (Å²) < 4.78 is 6.09. The molecule has 0 N–H and O–H groups in total. The predicted octanol–water partition coefficient (Wildman–Crippen LogP) is 3.70. The first-order chi connectivity index (χ1) is 11.7. The van der Waals surface area contributed by atoms with Gasteiger partial charge in [0.25, 0.3) is 5.91 Å². The van der Waals surface area contributed by atoms with Gasteiger partial charge in [0.2, 0.25) is 0 Å². The summed E-state index contributed by atoms with van der Waals surface area (Å²) in [5.41, 5.74) is 0.745. The number of hydrogen-bond donors (Lipinski definition) is 0. The van der Waals surface area contributed by atoms with Gasteiger partial charge in [-0.1, -0.05) is 48.5 Å². The van der Waals surface area contributed by atoms with Crippen LogP contribution in [0.3, 0.4) is 0 Å². The highest BCUT2D eigenvalue weighted by Gasteiger charge is 2.47. The average molecular weight is 320 g/mol.